The largest absolute Gasteiger partial charge is 0.298 e. The van der Waals surface area contributed by atoms with Crippen LogP contribution >= 0.6 is 11.8 Å². The van der Waals surface area contributed by atoms with Crippen LogP contribution in [-0.4, -0.2) is 36.3 Å². The minimum absolute atomic E-state index is 0.598. The van der Waals surface area contributed by atoms with E-state index in [0.717, 1.165) is 6.61 Å². The summed E-state index contributed by atoms with van der Waals surface area (Å²) in [5.74, 6) is 0. The summed E-state index contributed by atoms with van der Waals surface area (Å²) in [4.78, 5) is 5.75. The van der Waals surface area contributed by atoms with E-state index in [1.165, 1.54) is 32.1 Å². The van der Waals surface area contributed by atoms with Gasteiger partial charge < -0.3 is 0 Å². The van der Waals surface area contributed by atoms with E-state index in [-0.39, 0.29) is 0 Å². The van der Waals surface area contributed by atoms with E-state index in [2.05, 4.69) is 25.3 Å². The first-order valence-corrected chi connectivity index (χ1v) is 6.91. The maximum atomic E-state index is 5.75. The van der Waals surface area contributed by atoms with Crippen LogP contribution in [0.5, 0.6) is 0 Å². The van der Waals surface area contributed by atoms with E-state index >= 15 is 0 Å². The average molecular weight is 217 g/mol. The molecule has 0 aromatic heterocycles. The zero-order valence-corrected chi connectivity index (χ0v) is 10.5. The normalized spacial score (nSPS) is 21.4. The van der Waals surface area contributed by atoms with E-state index < -0.39 is 0 Å². The van der Waals surface area contributed by atoms with Gasteiger partial charge in [0.2, 0.25) is 0 Å². The molecule has 0 aromatic rings. The Hall–Kier alpha value is 0.270. The van der Waals surface area contributed by atoms with Gasteiger partial charge in [-0.2, -0.15) is 16.8 Å². The van der Waals surface area contributed by atoms with Crippen molar-refractivity contribution in [3.63, 3.8) is 0 Å². The molecule has 1 unspecified atom stereocenters. The van der Waals surface area contributed by atoms with E-state index in [1.54, 1.807) is 0 Å². The van der Waals surface area contributed by atoms with E-state index in [9.17, 15) is 0 Å². The quantitative estimate of drug-likeness (QED) is 0.657. The topological polar surface area (TPSA) is 12.5 Å². The van der Waals surface area contributed by atoms with Crippen LogP contribution in [0.3, 0.4) is 0 Å². The summed E-state index contributed by atoms with van der Waals surface area (Å²) >= 11 is 1.86. The van der Waals surface area contributed by atoms with Crippen LogP contribution in [0.1, 0.15) is 39.0 Å². The molecule has 0 amide bonds. The van der Waals surface area contributed by atoms with E-state index in [1.807, 2.05) is 11.8 Å². The molecule has 1 fully saturated rings. The SMILES string of the molecule is CSC(C)CON(C)C1CCCCC1. The van der Waals surface area contributed by atoms with Gasteiger partial charge in [-0.1, -0.05) is 26.2 Å². The third kappa shape index (κ3) is 4.20. The monoisotopic (exact) mass is 217 g/mol. The van der Waals surface area contributed by atoms with Crippen LogP contribution in [0.4, 0.5) is 0 Å². The van der Waals surface area contributed by atoms with Gasteiger partial charge in [-0.15, -0.1) is 0 Å². The summed E-state index contributed by atoms with van der Waals surface area (Å²) < 4.78 is 0. The second kappa shape index (κ2) is 6.70. The molecule has 84 valence electrons. The van der Waals surface area contributed by atoms with Gasteiger partial charge in [-0.25, -0.2) is 0 Å². The Balaban J connectivity index is 2.16. The second-order valence-corrected chi connectivity index (χ2v) is 5.46. The van der Waals surface area contributed by atoms with Gasteiger partial charge in [0.15, 0.2) is 0 Å². The lowest BCUT2D eigenvalue weighted by Crippen LogP contribution is -2.34. The van der Waals surface area contributed by atoms with Crippen LogP contribution in [-0.2, 0) is 4.84 Å². The Morgan fingerprint density at radius 1 is 1.36 bits per heavy atom. The van der Waals surface area contributed by atoms with Crippen molar-refractivity contribution in [1.82, 2.24) is 5.06 Å². The molecule has 0 bridgehead atoms. The summed E-state index contributed by atoms with van der Waals surface area (Å²) in [6, 6.07) is 0.665. The Morgan fingerprint density at radius 2 is 2.00 bits per heavy atom. The van der Waals surface area contributed by atoms with Crippen molar-refractivity contribution in [2.45, 2.75) is 50.3 Å². The van der Waals surface area contributed by atoms with E-state index in [4.69, 9.17) is 4.84 Å². The summed E-state index contributed by atoms with van der Waals surface area (Å²) in [5.41, 5.74) is 0. The van der Waals surface area contributed by atoms with Crippen molar-refractivity contribution >= 4 is 11.8 Å². The summed E-state index contributed by atoms with van der Waals surface area (Å²) in [6.45, 7) is 3.05. The fourth-order valence-electron chi connectivity index (χ4n) is 1.84. The second-order valence-electron chi connectivity index (χ2n) is 4.18. The molecular formula is C11H23NOS. The van der Waals surface area contributed by atoms with Crippen molar-refractivity contribution < 1.29 is 4.84 Å². The van der Waals surface area contributed by atoms with Crippen molar-refractivity contribution in [2.75, 3.05) is 19.9 Å². The van der Waals surface area contributed by atoms with Crippen LogP contribution in [0.2, 0.25) is 0 Å². The molecule has 0 saturated heterocycles. The molecule has 2 nitrogen and oxygen atoms in total. The van der Waals surface area contributed by atoms with Gasteiger partial charge in [0, 0.05) is 18.3 Å². The average Bonchev–Trinajstić information content (AvgIpc) is 2.26. The maximum absolute atomic E-state index is 5.75. The zero-order chi connectivity index (χ0) is 10.4. The van der Waals surface area contributed by atoms with Gasteiger partial charge >= 0.3 is 0 Å². The molecule has 1 atom stereocenters. The molecule has 1 saturated carbocycles. The van der Waals surface area contributed by atoms with Crippen LogP contribution in [0.25, 0.3) is 0 Å². The first-order valence-electron chi connectivity index (χ1n) is 5.62. The van der Waals surface area contributed by atoms with Gasteiger partial charge in [0.05, 0.1) is 6.61 Å². The van der Waals surface area contributed by atoms with Gasteiger partial charge in [0.25, 0.3) is 0 Å². The number of nitrogens with zero attached hydrogens (tertiary/aromatic N) is 1. The van der Waals surface area contributed by atoms with Crippen LogP contribution in [0, 0.1) is 0 Å². The lowest BCUT2D eigenvalue weighted by atomic mass is 9.95. The fraction of sp³-hybridized carbons (Fsp3) is 1.00. The van der Waals surface area contributed by atoms with Gasteiger partial charge in [-0.05, 0) is 19.1 Å². The molecule has 3 heteroatoms. The predicted octanol–water partition coefficient (Wildman–Crippen LogP) is 2.93. The van der Waals surface area contributed by atoms with Crippen LogP contribution < -0.4 is 0 Å². The summed E-state index contributed by atoms with van der Waals surface area (Å²) in [6.07, 6.45) is 8.90. The third-order valence-corrected chi connectivity index (χ3v) is 3.94. The predicted molar refractivity (Wildman–Crippen MR) is 63.6 cm³/mol. The standard InChI is InChI=1S/C11H23NOS/c1-10(14-3)9-13-12(2)11-7-5-4-6-8-11/h10-11H,4-9H2,1-3H3. The van der Waals surface area contributed by atoms with Crippen LogP contribution in [0.15, 0.2) is 0 Å². The molecule has 0 heterocycles. The molecule has 1 aliphatic rings. The highest BCUT2D eigenvalue weighted by Crippen LogP contribution is 2.22. The Bertz CT molecular complexity index is 148. The molecule has 0 aromatic carbocycles. The van der Waals surface area contributed by atoms with E-state index in [0.29, 0.717) is 11.3 Å². The highest BCUT2D eigenvalue weighted by Gasteiger charge is 2.18. The van der Waals surface area contributed by atoms with Gasteiger partial charge in [0.1, 0.15) is 0 Å². The Labute approximate surface area is 92.3 Å². The van der Waals surface area contributed by atoms with Crippen molar-refractivity contribution in [1.29, 1.82) is 0 Å². The molecule has 1 rings (SSSR count). The Morgan fingerprint density at radius 3 is 2.57 bits per heavy atom. The molecular weight excluding hydrogens is 194 g/mol. The molecule has 14 heavy (non-hydrogen) atoms. The first-order chi connectivity index (χ1) is 6.74. The van der Waals surface area contributed by atoms with Crippen molar-refractivity contribution in [2.24, 2.45) is 0 Å². The molecule has 0 spiro atoms. The summed E-state index contributed by atoms with van der Waals surface area (Å²) in [7, 11) is 2.09. The van der Waals surface area contributed by atoms with Crippen molar-refractivity contribution in [3.05, 3.63) is 0 Å². The molecule has 0 radical (unpaired) electrons. The summed E-state index contributed by atoms with van der Waals surface area (Å²) in [5, 5.41) is 2.69. The first kappa shape index (κ1) is 12.3. The lowest BCUT2D eigenvalue weighted by molar-refractivity contribution is -0.172. The molecule has 1 aliphatic carbocycles. The Kier molecular flexibility index (Phi) is 5.90. The fourth-order valence-corrected chi connectivity index (χ4v) is 2.04. The maximum Gasteiger partial charge on any atom is 0.0801 e. The molecule has 0 N–H and O–H groups in total. The number of hydrogen-bond donors (Lipinski definition) is 0. The zero-order valence-electron chi connectivity index (χ0n) is 9.66. The molecule has 0 aliphatic heterocycles. The number of hydroxylamine groups is 2. The lowest BCUT2D eigenvalue weighted by Gasteiger charge is -2.30. The highest BCUT2D eigenvalue weighted by atomic mass is 32.2. The minimum Gasteiger partial charge on any atom is -0.298 e. The number of rotatable bonds is 5. The third-order valence-electron chi connectivity index (χ3n) is 3.00. The number of hydrogen-bond acceptors (Lipinski definition) is 3. The highest BCUT2D eigenvalue weighted by molar-refractivity contribution is 7.99. The van der Waals surface area contributed by atoms with Gasteiger partial charge in [-0.3, -0.25) is 4.84 Å². The number of thioether (sulfide) groups is 1. The minimum atomic E-state index is 0.598. The smallest absolute Gasteiger partial charge is 0.0801 e. The van der Waals surface area contributed by atoms with Crippen molar-refractivity contribution in [3.8, 4) is 0 Å².